The topological polar surface area (TPSA) is 96.0 Å². The average Bonchev–Trinajstić information content (AvgIpc) is 2.98. The van der Waals surface area contributed by atoms with Gasteiger partial charge in [-0.3, -0.25) is 14.9 Å². The standard InChI is InChI=1S/C15H14ClN3O3/c16-13-6-5-10(8-14(13)19(21)22)7-11(9-17)15(20)18-12-3-1-2-4-12/h5-8,12H,1-4H2,(H,18,20)/b11-7+. The first kappa shape index (κ1) is 16.0. The number of carbonyl (C=O) groups is 1. The van der Waals surface area contributed by atoms with E-state index in [0.717, 1.165) is 25.7 Å². The molecule has 0 radical (unpaired) electrons. The molecule has 1 aromatic rings. The summed E-state index contributed by atoms with van der Waals surface area (Å²) in [6.45, 7) is 0. The van der Waals surface area contributed by atoms with Crippen molar-refractivity contribution < 1.29 is 9.72 Å². The molecule has 0 unspecified atom stereocenters. The Morgan fingerprint density at radius 3 is 2.73 bits per heavy atom. The van der Waals surface area contributed by atoms with Crippen LogP contribution in [0.2, 0.25) is 5.02 Å². The molecule has 1 aliphatic carbocycles. The number of hydrogen-bond acceptors (Lipinski definition) is 4. The van der Waals surface area contributed by atoms with Crippen molar-refractivity contribution in [1.82, 2.24) is 5.32 Å². The molecule has 0 aliphatic heterocycles. The summed E-state index contributed by atoms with van der Waals surface area (Å²) in [6.07, 6.45) is 5.29. The number of carbonyl (C=O) groups excluding carboxylic acids is 1. The first-order chi connectivity index (χ1) is 10.5. The number of nitrogens with one attached hydrogen (secondary N) is 1. The Kier molecular flexibility index (Phi) is 5.12. The molecule has 0 atom stereocenters. The van der Waals surface area contributed by atoms with Crippen molar-refractivity contribution in [2.45, 2.75) is 31.7 Å². The number of nitro benzene ring substituents is 1. The predicted octanol–water partition coefficient (Wildman–Crippen LogP) is 3.21. The SMILES string of the molecule is N#C/C(=C\c1ccc(Cl)c([N+](=O)[O-])c1)C(=O)NC1CCCC1. The second-order valence-electron chi connectivity index (χ2n) is 5.09. The molecule has 1 saturated carbocycles. The number of hydrogen-bond donors (Lipinski definition) is 1. The average molecular weight is 320 g/mol. The van der Waals surface area contributed by atoms with Crippen molar-refractivity contribution in [3.63, 3.8) is 0 Å². The van der Waals surface area contributed by atoms with E-state index >= 15 is 0 Å². The molecular formula is C15H14ClN3O3. The molecule has 1 aromatic carbocycles. The number of rotatable bonds is 4. The quantitative estimate of drug-likeness (QED) is 0.399. The number of nitriles is 1. The lowest BCUT2D eigenvalue weighted by Crippen LogP contribution is -2.33. The van der Waals surface area contributed by atoms with Crippen LogP contribution in [0.25, 0.3) is 6.08 Å². The molecule has 0 spiro atoms. The van der Waals surface area contributed by atoms with Crippen molar-refractivity contribution in [2.24, 2.45) is 0 Å². The Morgan fingerprint density at radius 2 is 2.14 bits per heavy atom. The normalized spacial score (nSPS) is 15.4. The maximum atomic E-state index is 12.1. The zero-order chi connectivity index (χ0) is 16.1. The fourth-order valence-corrected chi connectivity index (χ4v) is 2.59. The molecule has 2 rings (SSSR count). The highest BCUT2D eigenvalue weighted by atomic mass is 35.5. The zero-order valence-corrected chi connectivity index (χ0v) is 12.5. The van der Waals surface area contributed by atoms with Crippen LogP contribution in [0.15, 0.2) is 23.8 Å². The van der Waals surface area contributed by atoms with Gasteiger partial charge in [-0.25, -0.2) is 0 Å². The minimum atomic E-state index is -0.607. The van der Waals surface area contributed by atoms with E-state index in [2.05, 4.69) is 5.32 Å². The van der Waals surface area contributed by atoms with Gasteiger partial charge in [0.15, 0.2) is 0 Å². The van der Waals surface area contributed by atoms with E-state index in [0.29, 0.717) is 5.56 Å². The Balaban J connectivity index is 2.21. The van der Waals surface area contributed by atoms with Crippen molar-refractivity contribution >= 4 is 29.3 Å². The van der Waals surface area contributed by atoms with Gasteiger partial charge in [-0.1, -0.05) is 30.5 Å². The zero-order valence-electron chi connectivity index (χ0n) is 11.7. The molecule has 1 fully saturated rings. The van der Waals surface area contributed by atoms with Gasteiger partial charge in [0.2, 0.25) is 0 Å². The fraction of sp³-hybridized carbons (Fsp3) is 0.333. The van der Waals surface area contributed by atoms with Gasteiger partial charge in [0.25, 0.3) is 11.6 Å². The first-order valence-corrected chi connectivity index (χ1v) is 7.25. The summed E-state index contributed by atoms with van der Waals surface area (Å²) in [7, 11) is 0. The number of nitro groups is 1. The summed E-state index contributed by atoms with van der Waals surface area (Å²) in [5, 5.41) is 22.8. The van der Waals surface area contributed by atoms with Crippen LogP contribution in [0.5, 0.6) is 0 Å². The molecule has 1 N–H and O–H groups in total. The summed E-state index contributed by atoms with van der Waals surface area (Å²) in [5.41, 5.74) is 0.0432. The predicted molar refractivity (Wildman–Crippen MR) is 82.1 cm³/mol. The fourth-order valence-electron chi connectivity index (χ4n) is 2.41. The molecular weight excluding hydrogens is 306 g/mol. The third kappa shape index (κ3) is 3.83. The molecule has 1 aliphatic rings. The third-order valence-electron chi connectivity index (χ3n) is 3.53. The van der Waals surface area contributed by atoms with Gasteiger partial charge in [0, 0.05) is 12.1 Å². The van der Waals surface area contributed by atoms with Crippen molar-refractivity contribution in [3.8, 4) is 6.07 Å². The van der Waals surface area contributed by atoms with Crippen LogP contribution in [0.1, 0.15) is 31.2 Å². The molecule has 1 amide bonds. The van der Waals surface area contributed by atoms with Crippen molar-refractivity contribution in [2.75, 3.05) is 0 Å². The largest absolute Gasteiger partial charge is 0.349 e. The van der Waals surface area contributed by atoms with Gasteiger partial charge in [-0.05, 0) is 30.5 Å². The first-order valence-electron chi connectivity index (χ1n) is 6.88. The van der Waals surface area contributed by atoms with Gasteiger partial charge in [0.05, 0.1) is 4.92 Å². The van der Waals surface area contributed by atoms with E-state index in [1.165, 1.54) is 24.3 Å². The lowest BCUT2D eigenvalue weighted by Gasteiger charge is -2.10. The minimum Gasteiger partial charge on any atom is -0.349 e. The molecule has 114 valence electrons. The van der Waals surface area contributed by atoms with Crippen molar-refractivity contribution in [1.29, 1.82) is 5.26 Å². The lowest BCUT2D eigenvalue weighted by atomic mass is 10.1. The molecule has 0 bridgehead atoms. The van der Waals surface area contributed by atoms with Crippen LogP contribution in [-0.4, -0.2) is 16.9 Å². The van der Waals surface area contributed by atoms with Gasteiger partial charge in [-0.2, -0.15) is 5.26 Å². The molecule has 7 heteroatoms. The Morgan fingerprint density at radius 1 is 1.45 bits per heavy atom. The van der Waals surface area contributed by atoms with Gasteiger partial charge < -0.3 is 5.32 Å². The lowest BCUT2D eigenvalue weighted by molar-refractivity contribution is -0.384. The van der Waals surface area contributed by atoms with Crippen molar-refractivity contribution in [3.05, 3.63) is 44.5 Å². The van der Waals surface area contributed by atoms with Gasteiger partial charge >= 0.3 is 0 Å². The van der Waals surface area contributed by atoms with Crippen LogP contribution in [0.3, 0.4) is 0 Å². The summed E-state index contributed by atoms with van der Waals surface area (Å²) < 4.78 is 0. The van der Waals surface area contributed by atoms with Gasteiger partial charge in [-0.15, -0.1) is 0 Å². The minimum absolute atomic E-state index is 0.0102. The van der Waals surface area contributed by atoms with E-state index in [1.54, 1.807) is 0 Å². The number of benzene rings is 1. The van der Waals surface area contributed by atoms with E-state index < -0.39 is 10.8 Å². The maximum Gasteiger partial charge on any atom is 0.288 e. The maximum absolute atomic E-state index is 12.1. The summed E-state index contributed by atoms with van der Waals surface area (Å²) in [5.74, 6) is -0.452. The monoisotopic (exact) mass is 319 g/mol. The van der Waals surface area contributed by atoms with E-state index in [9.17, 15) is 14.9 Å². The number of halogens is 1. The summed E-state index contributed by atoms with van der Waals surface area (Å²) >= 11 is 5.73. The van der Waals surface area contributed by atoms with Crippen LogP contribution >= 0.6 is 11.6 Å². The van der Waals surface area contributed by atoms with Crippen LogP contribution in [0, 0.1) is 21.4 Å². The Labute approximate surface area is 132 Å². The number of amides is 1. The van der Waals surface area contributed by atoms with Crippen LogP contribution < -0.4 is 5.32 Å². The van der Waals surface area contributed by atoms with E-state index in [-0.39, 0.29) is 22.3 Å². The highest BCUT2D eigenvalue weighted by Gasteiger charge is 2.19. The Hall–Kier alpha value is -2.39. The van der Waals surface area contributed by atoms with Gasteiger partial charge in [0.1, 0.15) is 16.7 Å². The molecule has 22 heavy (non-hydrogen) atoms. The summed E-state index contributed by atoms with van der Waals surface area (Å²) in [6, 6.07) is 6.07. The second-order valence-corrected chi connectivity index (χ2v) is 5.50. The van der Waals surface area contributed by atoms with E-state index in [1.807, 2.05) is 6.07 Å². The highest BCUT2D eigenvalue weighted by Crippen LogP contribution is 2.26. The molecule has 0 saturated heterocycles. The molecule has 6 nitrogen and oxygen atoms in total. The van der Waals surface area contributed by atoms with E-state index in [4.69, 9.17) is 16.9 Å². The molecule has 0 aromatic heterocycles. The second kappa shape index (κ2) is 7.05. The number of nitrogens with zero attached hydrogens (tertiary/aromatic N) is 2. The summed E-state index contributed by atoms with van der Waals surface area (Å²) in [4.78, 5) is 22.3. The highest BCUT2D eigenvalue weighted by molar-refractivity contribution is 6.32. The molecule has 0 heterocycles. The smallest absolute Gasteiger partial charge is 0.288 e. The van der Waals surface area contributed by atoms with Crippen LogP contribution in [0.4, 0.5) is 5.69 Å². The van der Waals surface area contributed by atoms with Crippen LogP contribution in [-0.2, 0) is 4.79 Å². The Bertz CT molecular complexity index is 673. The third-order valence-corrected chi connectivity index (χ3v) is 3.85.